The third-order valence-corrected chi connectivity index (χ3v) is 13.1. The van der Waals surface area contributed by atoms with Gasteiger partial charge in [-0.25, -0.2) is 0 Å². The van der Waals surface area contributed by atoms with Crippen molar-refractivity contribution >= 4 is 18.7 Å². The summed E-state index contributed by atoms with van der Waals surface area (Å²) >= 11 is 0. The lowest BCUT2D eigenvalue weighted by molar-refractivity contribution is -0.205. The standard InChI is InChI=1S/C30H43NO4Si/c1-29(2,3)36(25-12-6-4-7-13-25,26-14-8-5-9-15-26)34-23-27(31-24-17-21-32-22-24)30(18-19-30)35-28-16-10-11-20-33-28/h4-9,12-15,24,27-28,31H,10-11,16-23H2,1-3H3. The Hall–Kier alpha value is -1.54. The molecule has 3 aliphatic rings. The van der Waals surface area contributed by atoms with Crippen LogP contribution in [-0.4, -0.2) is 58.7 Å². The molecule has 0 radical (unpaired) electrons. The predicted molar refractivity (Wildman–Crippen MR) is 146 cm³/mol. The molecular formula is C30H43NO4Si. The molecule has 2 aliphatic heterocycles. The van der Waals surface area contributed by atoms with E-state index in [1.54, 1.807) is 0 Å². The van der Waals surface area contributed by atoms with Gasteiger partial charge in [-0.05, 0) is 53.9 Å². The molecule has 36 heavy (non-hydrogen) atoms. The number of hydrogen-bond donors (Lipinski definition) is 1. The largest absolute Gasteiger partial charge is 0.406 e. The maximum Gasteiger partial charge on any atom is 0.261 e. The average molecular weight is 510 g/mol. The Morgan fingerprint density at radius 1 is 0.944 bits per heavy atom. The average Bonchev–Trinajstić information content (AvgIpc) is 3.48. The van der Waals surface area contributed by atoms with Crippen molar-refractivity contribution in [3.63, 3.8) is 0 Å². The predicted octanol–water partition coefficient (Wildman–Crippen LogP) is 4.39. The van der Waals surface area contributed by atoms with Crippen LogP contribution in [0.2, 0.25) is 5.04 Å². The molecule has 0 amide bonds. The fourth-order valence-electron chi connectivity index (χ4n) is 6.01. The van der Waals surface area contributed by atoms with Crippen molar-refractivity contribution in [1.29, 1.82) is 0 Å². The minimum Gasteiger partial charge on any atom is -0.406 e. The second-order valence-electron chi connectivity index (χ2n) is 11.7. The fourth-order valence-corrected chi connectivity index (χ4v) is 10.6. The highest BCUT2D eigenvalue weighted by Crippen LogP contribution is 2.46. The Balaban J connectivity index is 1.46. The van der Waals surface area contributed by atoms with Gasteiger partial charge in [0.05, 0.1) is 24.9 Å². The summed E-state index contributed by atoms with van der Waals surface area (Å²) in [5.41, 5.74) is -0.226. The van der Waals surface area contributed by atoms with Crippen molar-refractivity contribution in [3.8, 4) is 0 Å². The summed E-state index contributed by atoms with van der Waals surface area (Å²) in [5, 5.41) is 6.50. The van der Waals surface area contributed by atoms with Crippen LogP contribution >= 0.6 is 0 Å². The Bertz CT molecular complexity index is 908. The van der Waals surface area contributed by atoms with Gasteiger partial charge in [-0.1, -0.05) is 81.4 Å². The highest BCUT2D eigenvalue weighted by atomic mass is 28.4. The zero-order chi connectivity index (χ0) is 25.1. The molecule has 1 aliphatic carbocycles. The van der Waals surface area contributed by atoms with E-state index in [2.05, 4.69) is 86.8 Å². The van der Waals surface area contributed by atoms with Crippen molar-refractivity contribution < 1.29 is 18.6 Å². The van der Waals surface area contributed by atoms with Gasteiger partial charge < -0.3 is 24.0 Å². The fraction of sp³-hybridized carbons (Fsp3) is 0.600. The SMILES string of the molecule is CC(C)(C)[Si](OCC(NC1CCOC1)C1(OC2CCCCO2)CC1)(c1ccccc1)c1ccccc1. The minimum absolute atomic E-state index is 0.0548. The Kier molecular flexibility index (Phi) is 8.01. The van der Waals surface area contributed by atoms with Crippen molar-refractivity contribution in [2.24, 2.45) is 0 Å². The minimum atomic E-state index is -2.63. The zero-order valence-corrected chi connectivity index (χ0v) is 23.2. The molecule has 0 aromatic heterocycles. The first-order valence-corrected chi connectivity index (χ1v) is 15.7. The van der Waals surface area contributed by atoms with Gasteiger partial charge in [0.2, 0.25) is 0 Å². The van der Waals surface area contributed by atoms with Gasteiger partial charge in [0.1, 0.15) is 0 Å². The number of hydrogen-bond acceptors (Lipinski definition) is 5. The lowest BCUT2D eigenvalue weighted by Crippen LogP contribution is -2.68. The maximum atomic E-state index is 7.37. The summed E-state index contributed by atoms with van der Waals surface area (Å²) in [6.07, 6.45) is 6.31. The van der Waals surface area contributed by atoms with Crippen LogP contribution < -0.4 is 15.7 Å². The molecule has 2 aromatic carbocycles. The molecule has 2 saturated heterocycles. The van der Waals surface area contributed by atoms with Gasteiger partial charge in [-0.2, -0.15) is 0 Å². The van der Waals surface area contributed by atoms with Crippen LogP contribution in [0.4, 0.5) is 0 Å². The normalized spacial score (nSPS) is 25.0. The summed E-state index contributed by atoms with van der Waals surface area (Å²) in [7, 11) is -2.63. The first-order valence-electron chi connectivity index (χ1n) is 13.8. The molecule has 2 aromatic rings. The van der Waals surface area contributed by atoms with Gasteiger partial charge in [-0.3, -0.25) is 0 Å². The van der Waals surface area contributed by atoms with Crippen LogP contribution in [0.1, 0.15) is 59.3 Å². The van der Waals surface area contributed by atoms with E-state index in [0.29, 0.717) is 12.6 Å². The second kappa shape index (κ2) is 11.1. The van der Waals surface area contributed by atoms with Crippen LogP contribution in [0.3, 0.4) is 0 Å². The topological polar surface area (TPSA) is 49.0 Å². The third kappa shape index (κ3) is 5.49. The van der Waals surface area contributed by atoms with E-state index in [0.717, 1.165) is 51.9 Å². The Labute approximate surface area is 218 Å². The van der Waals surface area contributed by atoms with Crippen LogP contribution in [-0.2, 0) is 18.6 Å². The van der Waals surface area contributed by atoms with E-state index in [1.807, 2.05) is 0 Å². The summed E-state index contributed by atoms with van der Waals surface area (Å²) in [4.78, 5) is 0. The molecule has 1 saturated carbocycles. The highest BCUT2D eigenvalue weighted by Gasteiger charge is 2.56. The van der Waals surface area contributed by atoms with E-state index in [9.17, 15) is 0 Å². The Morgan fingerprint density at radius 2 is 1.61 bits per heavy atom. The van der Waals surface area contributed by atoms with Crippen molar-refractivity contribution in [2.75, 3.05) is 26.4 Å². The molecule has 6 heteroatoms. The molecular weight excluding hydrogens is 466 g/mol. The number of rotatable bonds is 10. The first-order chi connectivity index (χ1) is 17.4. The monoisotopic (exact) mass is 509 g/mol. The van der Waals surface area contributed by atoms with Crippen LogP contribution in [0.5, 0.6) is 0 Å². The lowest BCUT2D eigenvalue weighted by Gasteiger charge is -2.45. The maximum absolute atomic E-state index is 7.37. The van der Waals surface area contributed by atoms with E-state index < -0.39 is 8.32 Å². The third-order valence-electron chi connectivity index (χ3n) is 8.13. The molecule has 3 fully saturated rings. The quantitative estimate of drug-likeness (QED) is 0.482. The zero-order valence-electron chi connectivity index (χ0n) is 22.2. The van der Waals surface area contributed by atoms with Crippen LogP contribution in [0.25, 0.3) is 0 Å². The molecule has 0 spiro atoms. The molecule has 2 heterocycles. The molecule has 5 rings (SSSR count). The molecule has 0 bridgehead atoms. The van der Waals surface area contributed by atoms with E-state index in [4.69, 9.17) is 18.6 Å². The van der Waals surface area contributed by atoms with Gasteiger partial charge >= 0.3 is 0 Å². The number of nitrogens with one attached hydrogen (secondary N) is 1. The summed E-state index contributed by atoms with van der Waals surface area (Å²) in [6.45, 7) is 10.00. The second-order valence-corrected chi connectivity index (χ2v) is 16.0. The van der Waals surface area contributed by atoms with Gasteiger partial charge in [0.15, 0.2) is 6.29 Å². The van der Waals surface area contributed by atoms with Crippen LogP contribution in [0.15, 0.2) is 60.7 Å². The highest BCUT2D eigenvalue weighted by molar-refractivity contribution is 6.99. The lowest BCUT2D eigenvalue weighted by atomic mass is 10.1. The van der Waals surface area contributed by atoms with E-state index >= 15 is 0 Å². The van der Waals surface area contributed by atoms with Crippen molar-refractivity contribution in [3.05, 3.63) is 60.7 Å². The molecule has 1 N–H and O–H groups in total. The number of ether oxygens (including phenoxy) is 3. The molecule has 5 nitrogen and oxygen atoms in total. The van der Waals surface area contributed by atoms with Gasteiger partial charge in [0, 0.05) is 19.3 Å². The van der Waals surface area contributed by atoms with Gasteiger partial charge in [-0.15, -0.1) is 0 Å². The summed E-state index contributed by atoms with van der Waals surface area (Å²) < 4.78 is 25.8. The molecule has 3 atom stereocenters. The number of benzene rings is 2. The van der Waals surface area contributed by atoms with E-state index in [-0.39, 0.29) is 23.0 Å². The van der Waals surface area contributed by atoms with Crippen molar-refractivity contribution in [1.82, 2.24) is 5.32 Å². The molecule has 196 valence electrons. The first kappa shape index (κ1) is 26.1. The summed E-state index contributed by atoms with van der Waals surface area (Å²) in [6, 6.07) is 22.2. The van der Waals surface area contributed by atoms with Gasteiger partial charge in [0.25, 0.3) is 8.32 Å². The van der Waals surface area contributed by atoms with Crippen molar-refractivity contribution in [2.45, 2.75) is 88.3 Å². The van der Waals surface area contributed by atoms with E-state index in [1.165, 1.54) is 16.8 Å². The van der Waals surface area contributed by atoms with Crippen LogP contribution in [0, 0.1) is 0 Å². The smallest absolute Gasteiger partial charge is 0.261 e. The summed E-state index contributed by atoms with van der Waals surface area (Å²) in [5.74, 6) is 0. The molecule has 3 unspecified atom stereocenters. The Morgan fingerprint density at radius 3 is 2.11 bits per heavy atom.